The molecule has 0 unspecified atom stereocenters. The van der Waals surface area contributed by atoms with Gasteiger partial charge in [-0.1, -0.05) is 25.1 Å². The zero-order chi connectivity index (χ0) is 13.1. The zero-order valence-corrected chi connectivity index (χ0v) is 11.2. The summed E-state index contributed by atoms with van der Waals surface area (Å²) in [7, 11) is 0. The molecule has 3 nitrogen and oxygen atoms in total. The Labute approximate surface area is 110 Å². The van der Waals surface area contributed by atoms with Gasteiger partial charge < -0.3 is 14.8 Å². The number of rotatable bonds is 10. The number of hydrogen-bond donors (Lipinski definition) is 1. The Morgan fingerprint density at radius 1 is 1.22 bits per heavy atom. The average molecular weight is 249 g/mol. The fourth-order valence-electron chi connectivity index (χ4n) is 1.50. The minimum atomic E-state index is 0.571. The molecular formula is C15H23NO2. The molecule has 1 rings (SSSR count). The number of ether oxygens (including phenoxy) is 2. The van der Waals surface area contributed by atoms with Crippen LogP contribution in [0.1, 0.15) is 18.9 Å². The quantitative estimate of drug-likeness (QED) is 0.511. The normalized spacial score (nSPS) is 10.3. The summed E-state index contributed by atoms with van der Waals surface area (Å²) in [5, 5.41) is 3.37. The monoisotopic (exact) mass is 249 g/mol. The SMILES string of the molecule is C=CCOCCOc1ccc(CNCCC)cc1. The van der Waals surface area contributed by atoms with Gasteiger partial charge in [-0.15, -0.1) is 6.58 Å². The van der Waals surface area contributed by atoms with Crippen LogP contribution in [0.25, 0.3) is 0 Å². The van der Waals surface area contributed by atoms with E-state index in [0.717, 1.165) is 25.3 Å². The molecule has 0 fully saturated rings. The molecule has 0 saturated heterocycles. The lowest BCUT2D eigenvalue weighted by atomic mass is 10.2. The molecule has 1 aromatic rings. The number of hydrogen-bond acceptors (Lipinski definition) is 3. The molecule has 100 valence electrons. The van der Waals surface area contributed by atoms with Crippen LogP contribution in [0.15, 0.2) is 36.9 Å². The number of benzene rings is 1. The molecule has 1 aromatic carbocycles. The molecule has 0 aliphatic heterocycles. The van der Waals surface area contributed by atoms with Gasteiger partial charge in [-0.05, 0) is 30.7 Å². The van der Waals surface area contributed by atoms with E-state index < -0.39 is 0 Å². The minimum absolute atomic E-state index is 0.571. The second-order valence-corrected chi connectivity index (χ2v) is 4.03. The molecule has 0 aliphatic rings. The van der Waals surface area contributed by atoms with Crippen LogP contribution < -0.4 is 10.1 Å². The van der Waals surface area contributed by atoms with E-state index in [1.54, 1.807) is 6.08 Å². The van der Waals surface area contributed by atoms with Crippen molar-refractivity contribution in [3.05, 3.63) is 42.5 Å². The smallest absolute Gasteiger partial charge is 0.119 e. The molecule has 0 aliphatic carbocycles. The predicted octanol–water partition coefficient (Wildman–Crippen LogP) is 2.77. The number of nitrogens with one attached hydrogen (secondary N) is 1. The van der Waals surface area contributed by atoms with Crippen molar-refractivity contribution in [2.45, 2.75) is 19.9 Å². The van der Waals surface area contributed by atoms with Gasteiger partial charge in [0.15, 0.2) is 0 Å². The highest BCUT2D eigenvalue weighted by Gasteiger charge is 1.95. The molecule has 0 spiro atoms. The van der Waals surface area contributed by atoms with Gasteiger partial charge in [0.25, 0.3) is 0 Å². The van der Waals surface area contributed by atoms with E-state index in [4.69, 9.17) is 9.47 Å². The lowest BCUT2D eigenvalue weighted by Gasteiger charge is -2.07. The average Bonchev–Trinajstić information content (AvgIpc) is 2.40. The summed E-state index contributed by atoms with van der Waals surface area (Å²) in [6.45, 7) is 9.45. The van der Waals surface area contributed by atoms with Crippen molar-refractivity contribution in [1.29, 1.82) is 0 Å². The maximum Gasteiger partial charge on any atom is 0.119 e. The molecule has 1 N–H and O–H groups in total. The van der Waals surface area contributed by atoms with Crippen molar-refractivity contribution in [3.63, 3.8) is 0 Å². The van der Waals surface area contributed by atoms with Crippen LogP contribution in [0, 0.1) is 0 Å². The molecule has 18 heavy (non-hydrogen) atoms. The summed E-state index contributed by atoms with van der Waals surface area (Å²) in [5.41, 5.74) is 1.28. The van der Waals surface area contributed by atoms with E-state index >= 15 is 0 Å². The Hall–Kier alpha value is -1.32. The molecular weight excluding hydrogens is 226 g/mol. The van der Waals surface area contributed by atoms with E-state index in [9.17, 15) is 0 Å². The standard InChI is InChI=1S/C15H23NO2/c1-3-9-16-13-14-5-7-15(8-6-14)18-12-11-17-10-4-2/h4-8,16H,2-3,9-13H2,1H3. The van der Waals surface area contributed by atoms with Gasteiger partial charge in [-0.3, -0.25) is 0 Å². The van der Waals surface area contributed by atoms with E-state index in [0.29, 0.717) is 19.8 Å². The van der Waals surface area contributed by atoms with Gasteiger partial charge in [-0.25, -0.2) is 0 Å². The first-order valence-corrected chi connectivity index (χ1v) is 6.48. The summed E-state index contributed by atoms with van der Waals surface area (Å²) in [6, 6.07) is 8.16. The van der Waals surface area contributed by atoms with Crippen LogP contribution in [0.3, 0.4) is 0 Å². The minimum Gasteiger partial charge on any atom is -0.491 e. The van der Waals surface area contributed by atoms with Gasteiger partial charge in [-0.2, -0.15) is 0 Å². The van der Waals surface area contributed by atoms with Crippen LogP contribution in [-0.2, 0) is 11.3 Å². The van der Waals surface area contributed by atoms with Crippen LogP contribution >= 0.6 is 0 Å². The first kappa shape index (κ1) is 14.7. The van der Waals surface area contributed by atoms with Crippen LogP contribution in [0.2, 0.25) is 0 Å². The highest BCUT2D eigenvalue weighted by molar-refractivity contribution is 5.27. The fourth-order valence-corrected chi connectivity index (χ4v) is 1.50. The summed E-state index contributed by atoms with van der Waals surface area (Å²) < 4.78 is 10.8. The van der Waals surface area contributed by atoms with E-state index in [1.807, 2.05) is 12.1 Å². The van der Waals surface area contributed by atoms with Crippen molar-refractivity contribution in [2.75, 3.05) is 26.4 Å². The third-order valence-corrected chi connectivity index (χ3v) is 2.41. The van der Waals surface area contributed by atoms with Gasteiger partial charge in [0.05, 0.1) is 13.2 Å². The molecule has 0 heterocycles. The molecule has 0 atom stereocenters. The molecule has 0 saturated carbocycles. The highest BCUT2D eigenvalue weighted by Crippen LogP contribution is 2.11. The van der Waals surface area contributed by atoms with Crippen molar-refractivity contribution < 1.29 is 9.47 Å². The second kappa shape index (κ2) is 9.68. The topological polar surface area (TPSA) is 30.5 Å². The summed E-state index contributed by atoms with van der Waals surface area (Å²) in [4.78, 5) is 0. The second-order valence-electron chi connectivity index (χ2n) is 4.03. The highest BCUT2D eigenvalue weighted by atomic mass is 16.5. The van der Waals surface area contributed by atoms with Crippen molar-refractivity contribution in [1.82, 2.24) is 5.32 Å². The maximum absolute atomic E-state index is 5.55. The van der Waals surface area contributed by atoms with Crippen LogP contribution in [0.5, 0.6) is 5.75 Å². The summed E-state index contributed by atoms with van der Waals surface area (Å²) in [5.74, 6) is 0.886. The third-order valence-electron chi connectivity index (χ3n) is 2.41. The van der Waals surface area contributed by atoms with E-state index in [1.165, 1.54) is 5.56 Å². The van der Waals surface area contributed by atoms with Gasteiger partial charge >= 0.3 is 0 Å². The van der Waals surface area contributed by atoms with Crippen molar-refractivity contribution in [2.24, 2.45) is 0 Å². The zero-order valence-electron chi connectivity index (χ0n) is 11.2. The first-order chi connectivity index (χ1) is 8.86. The van der Waals surface area contributed by atoms with Gasteiger partial charge in [0, 0.05) is 6.54 Å². The Morgan fingerprint density at radius 2 is 2.00 bits per heavy atom. The Balaban J connectivity index is 2.20. The Bertz CT molecular complexity index is 322. The Kier molecular flexibility index (Phi) is 7.93. The predicted molar refractivity (Wildman–Crippen MR) is 75.0 cm³/mol. The van der Waals surface area contributed by atoms with E-state index in [-0.39, 0.29) is 0 Å². The molecule has 0 radical (unpaired) electrons. The lowest BCUT2D eigenvalue weighted by Crippen LogP contribution is -2.13. The lowest BCUT2D eigenvalue weighted by molar-refractivity contribution is 0.121. The molecule has 0 bridgehead atoms. The summed E-state index contributed by atoms with van der Waals surface area (Å²) >= 11 is 0. The van der Waals surface area contributed by atoms with Gasteiger partial charge in [0.2, 0.25) is 0 Å². The van der Waals surface area contributed by atoms with Gasteiger partial charge in [0.1, 0.15) is 12.4 Å². The third kappa shape index (κ3) is 6.42. The molecule has 0 amide bonds. The van der Waals surface area contributed by atoms with Crippen molar-refractivity contribution in [3.8, 4) is 5.75 Å². The first-order valence-electron chi connectivity index (χ1n) is 6.48. The van der Waals surface area contributed by atoms with Crippen LogP contribution in [-0.4, -0.2) is 26.4 Å². The summed E-state index contributed by atoms with van der Waals surface area (Å²) in [6.07, 6.45) is 2.89. The largest absolute Gasteiger partial charge is 0.491 e. The van der Waals surface area contributed by atoms with Crippen molar-refractivity contribution >= 4 is 0 Å². The maximum atomic E-state index is 5.55. The fraction of sp³-hybridized carbons (Fsp3) is 0.467. The van der Waals surface area contributed by atoms with Crippen LogP contribution in [0.4, 0.5) is 0 Å². The molecule has 3 heteroatoms. The van der Waals surface area contributed by atoms with E-state index in [2.05, 4.69) is 31.0 Å². The Morgan fingerprint density at radius 3 is 2.67 bits per heavy atom. The molecule has 0 aromatic heterocycles.